The SMILES string of the molecule is OC1C2CC3CC1CC([C@H](O)C[C@H]1c4c(F)cccc4-c4cncn41)(C3)C2. The molecular weight excluding hydrogens is 343 g/mol. The molecule has 1 aromatic carbocycles. The first-order chi connectivity index (χ1) is 13.1. The van der Waals surface area contributed by atoms with Gasteiger partial charge in [-0.25, -0.2) is 9.37 Å². The molecule has 4 bridgehead atoms. The van der Waals surface area contributed by atoms with E-state index in [0.29, 0.717) is 29.7 Å². The number of rotatable bonds is 3. The molecule has 4 aliphatic carbocycles. The number of imidazole rings is 1. The Labute approximate surface area is 158 Å². The Morgan fingerprint density at radius 3 is 2.78 bits per heavy atom. The summed E-state index contributed by atoms with van der Waals surface area (Å²) in [6, 6.07) is 5.00. The monoisotopic (exact) mass is 368 g/mol. The van der Waals surface area contributed by atoms with Crippen molar-refractivity contribution >= 4 is 0 Å². The van der Waals surface area contributed by atoms with Crippen LogP contribution in [0, 0.1) is 29.0 Å². The van der Waals surface area contributed by atoms with Gasteiger partial charge in [0.1, 0.15) is 5.82 Å². The first kappa shape index (κ1) is 16.3. The van der Waals surface area contributed by atoms with Crippen molar-refractivity contribution < 1.29 is 14.6 Å². The average molecular weight is 368 g/mol. The molecule has 4 fully saturated rings. The van der Waals surface area contributed by atoms with Crippen molar-refractivity contribution in [1.29, 1.82) is 0 Å². The van der Waals surface area contributed by atoms with Gasteiger partial charge in [0.2, 0.25) is 0 Å². The first-order valence-corrected chi connectivity index (χ1v) is 10.2. The summed E-state index contributed by atoms with van der Waals surface area (Å²) < 4.78 is 16.7. The Bertz CT molecular complexity index is 893. The van der Waals surface area contributed by atoms with Crippen molar-refractivity contribution in [1.82, 2.24) is 9.55 Å². The molecule has 5 heteroatoms. The van der Waals surface area contributed by atoms with Crippen molar-refractivity contribution in [2.45, 2.75) is 56.8 Å². The second kappa shape index (κ2) is 5.42. The van der Waals surface area contributed by atoms with Gasteiger partial charge in [-0.3, -0.25) is 0 Å². The maximum atomic E-state index is 14.7. The van der Waals surface area contributed by atoms with Crippen molar-refractivity contribution in [3.05, 3.63) is 42.1 Å². The highest BCUT2D eigenvalue weighted by Crippen LogP contribution is 2.62. The molecule has 0 amide bonds. The zero-order chi connectivity index (χ0) is 18.3. The largest absolute Gasteiger partial charge is 0.393 e. The fraction of sp³-hybridized carbons (Fsp3) is 0.591. The topological polar surface area (TPSA) is 58.3 Å². The third-order valence-corrected chi connectivity index (χ3v) is 8.09. The molecule has 7 rings (SSSR count). The van der Waals surface area contributed by atoms with Gasteiger partial charge < -0.3 is 14.8 Å². The molecule has 4 saturated carbocycles. The summed E-state index contributed by atoms with van der Waals surface area (Å²) in [6.07, 6.45) is 8.49. The molecule has 0 spiro atoms. The van der Waals surface area contributed by atoms with Crippen LogP contribution in [0.3, 0.4) is 0 Å². The Morgan fingerprint density at radius 1 is 1.22 bits per heavy atom. The molecule has 2 unspecified atom stereocenters. The Kier molecular flexibility index (Phi) is 3.26. The maximum absolute atomic E-state index is 14.7. The minimum Gasteiger partial charge on any atom is -0.393 e. The van der Waals surface area contributed by atoms with Crippen molar-refractivity contribution in [2.24, 2.45) is 23.2 Å². The maximum Gasteiger partial charge on any atom is 0.129 e. The lowest BCUT2D eigenvalue weighted by molar-refractivity contribution is -0.173. The highest BCUT2D eigenvalue weighted by molar-refractivity contribution is 5.69. The smallest absolute Gasteiger partial charge is 0.129 e. The fourth-order valence-electron chi connectivity index (χ4n) is 7.16. The molecule has 0 radical (unpaired) electrons. The van der Waals surface area contributed by atoms with Gasteiger partial charge in [-0.05, 0) is 67.8 Å². The Balaban J connectivity index is 1.35. The van der Waals surface area contributed by atoms with Crippen LogP contribution in [-0.4, -0.2) is 32.0 Å². The fourth-order valence-corrected chi connectivity index (χ4v) is 7.16. The molecule has 0 saturated heterocycles. The van der Waals surface area contributed by atoms with Gasteiger partial charge in [-0.1, -0.05) is 12.1 Å². The van der Waals surface area contributed by atoms with Crippen LogP contribution in [0.2, 0.25) is 0 Å². The van der Waals surface area contributed by atoms with Crippen LogP contribution in [0.4, 0.5) is 4.39 Å². The van der Waals surface area contributed by atoms with Crippen LogP contribution in [-0.2, 0) is 0 Å². The molecule has 142 valence electrons. The van der Waals surface area contributed by atoms with Gasteiger partial charge in [0.05, 0.1) is 36.5 Å². The molecule has 2 heterocycles. The quantitative estimate of drug-likeness (QED) is 0.871. The molecular formula is C22H25FN2O2. The predicted molar refractivity (Wildman–Crippen MR) is 98.4 cm³/mol. The average Bonchev–Trinajstić information content (AvgIpc) is 3.22. The van der Waals surface area contributed by atoms with Crippen LogP contribution in [0.15, 0.2) is 30.7 Å². The Hall–Kier alpha value is -1.72. The summed E-state index contributed by atoms with van der Waals surface area (Å²) >= 11 is 0. The van der Waals surface area contributed by atoms with Gasteiger partial charge in [0.15, 0.2) is 0 Å². The van der Waals surface area contributed by atoms with E-state index in [1.54, 1.807) is 18.6 Å². The van der Waals surface area contributed by atoms with Crippen molar-refractivity contribution in [2.75, 3.05) is 0 Å². The predicted octanol–water partition coefficient (Wildman–Crippen LogP) is 3.53. The van der Waals surface area contributed by atoms with Crippen LogP contribution in [0.5, 0.6) is 0 Å². The van der Waals surface area contributed by atoms with Gasteiger partial charge in [-0.2, -0.15) is 0 Å². The molecule has 5 aliphatic rings. The van der Waals surface area contributed by atoms with E-state index in [2.05, 4.69) is 4.98 Å². The number of aromatic nitrogens is 2. The molecule has 4 atom stereocenters. The van der Waals surface area contributed by atoms with Crippen LogP contribution >= 0.6 is 0 Å². The van der Waals surface area contributed by atoms with E-state index < -0.39 is 6.10 Å². The Morgan fingerprint density at radius 2 is 2.00 bits per heavy atom. The third-order valence-electron chi connectivity index (χ3n) is 8.09. The molecule has 1 aromatic heterocycles. The van der Waals surface area contributed by atoms with Gasteiger partial charge in [0.25, 0.3) is 0 Å². The van der Waals surface area contributed by atoms with Crippen molar-refractivity contribution in [3.8, 4) is 11.3 Å². The third kappa shape index (κ3) is 2.13. The zero-order valence-corrected chi connectivity index (χ0v) is 15.3. The van der Waals surface area contributed by atoms with Crippen molar-refractivity contribution in [3.63, 3.8) is 0 Å². The lowest BCUT2D eigenvalue weighted by Crippen LogP contribution is -2.57. The summed E-state index contributed by atoms with van der Waals surface area (Å²) in [7, 11) is 0. The van der Waals surface area contributed by atoms with E-state index in [0.717, 1.165) is 43.4 Å². The minimum atomic E-state index is -0.482. The molecule has 2 N–H and O–H groups in total. The number of aliphatic hydroxyl groups excluding tert-OH is 2. The molecule has 2 aromatic rings. The zero-order valence-electron chi connectivity index (χ0n) is 15.3. The van der Waals surface area contributed by atoms with E-state index >= 15 is 0 Å². The number of fused-ring (bicyclic) bond motifs is 3. The molecule has 1 aliphatic heterocycles. The van der Waals surface area contributed by atoms with Gasteiger partial charge >= 0.3 is 0 Å². The van der Waals surface area contributed by atoms with Crippen LogP contribution in [0.25, 0.3) is 11.3 Å². The summed E-state index contributed by atoms with van der Waals surface area (Å²) in [5, 5.41) is 21.9. The number of aliphatic hydroxyl groups is 2. The highest BCUT2D eigenvalue weighted by atomic mass is 19.1. The summed E-state index contributed by atoms with van der Waals surface area (Å²) in [5.41, 5.74) is 2.41. The second-order valence-corrected chi connectivity index (χ2v) is 9.48. The lowest BCUT2D eigenvalue weighted by Gasteiger charge is -2.60. The minimum absolute atomic E-state index is 0.107. The number of hydrogen-bond donors (Lipinski definition) is 2. The van der Waals surface area contributed by atoms with E-state index in [9.17, 15) is 14.6 Å². The standard InChI is InChI=1S/C22H25FN2O2/c23-16-3-1-2-15-18-10-24-11-25(18)17(20(15)16)6-19(26)22-7-12-4-13(8-22)21(27)14(5-12)9-22/h1-3,10-14,17,19,21,26-27H,4-9H2/t12?,13?,14?,17-,19+,21?,22?/m0/s1. The van der Waals surface area contributed by atoms with Crippen LogP contribution < -0.4 is 0 Å². The number of nitrogens with zero attached hydrogens (tertiary/aromatic N) is 2. The van der Waals surface area contributed by atoms with E-state index in [1.807, 2.05) is 10.6 Å². The van der Waals surface area contributed by atoms with Gasteiger partial charge in [-0.15, -0.1) is 0 Å². The highest BCUT2D eigenvalue weighted by Gasteiger charge is 2.57. The summed E-state index contributed by atoms with van der Waals surface area (Å²) in [6.45, 7) is 0. The number of benzene rings is 1. The van der Waals surface area contributed by atoms with E-state index in [-0.39, 0.29) is 23.4 Å². The first-order valence-electron chi connectivity index (χ1n) is 10.2. The summed E-state index contributed by atoms with van der Waals surface area (Å²) in [5.74, 6) is 1.11. The van der Waals surface area contributed by atoms with Crippen LogP contribution in [0.1, 0.15) is 50.1 Å². The lowest BCUT2D eigenvalue weighted by atomic mass is 9.47. The molecule has 4 nitrogen and oxygen atoms in total. The molecule has 27 heavy (non-hydrogen) atoms. The number of hydrogen-bond acceptors (Lipinski definition) is 3. The summed E-state index contributed by atoms with van der Waals surface area (Å²) in [4.78, 5) is 4.26. The second-order valence-electron chi connectivity index (χ2n) is 9.48. The van der Waals surface area contributed by atoms with Gasteiger partial charge in [0, 0.05) is 11.1 Å². The van der Waals surface area contributed by atoms with E-state index in [1.165, 1.54) is 6.07 Å². The normalized spacial score (nSPS) is 39.4. The number of halogens is 1. The van der Waals surface area contributed by atoms with E-state index in [4.69, 9.17) is 0 Å².